The monoisotopic (exact) mass is 314 g/mol. The number of aryl methyl sites for hydroxylation is 2. The van der Waals surface area contributed by atoms with Crippen molar-refractivity contribution in [3.8, 4) is 17.2 Å². The van der Waals surface area contributed by atoms with Gasteiger partial charge in [-0.25, -0.2) is 0 Å². The van der Waals surface area contributed by atoms with Crippen LogP contribution in [0.3, 0.4) is 0 Å². The lowest BCUT2D eigenvalue weighted by molar-refractivity contribution is 0.324. The molecule has 23 heavy (non-hydrogen) atoms. The van der Waals surface area contributed by atoms with E-state index in [-0.39, 0.29) is 0 Å². The molecular weight excluding hydrogens is 292 g/mol. The van der Waals surface area contributed by atoms with Crippen molar-refractivity contribution in [1.82, 2.24) is 0 Å². The molecule has 5 nitrogen and oxygen atoms in total. The number of methoxy groups -OCH3 is 3. The van der Waals surface area contributed by atoms with E-state index in [0.29, 0.717) is 17.2 Å². The number of rotatable bonds is 6. The minimum Gasteiger partial charge on any atom is -0.493 e. The van der Waals surface area contributed by atoms with Crippen LogP contribution in [-0.2, 0) is 0 Å². The molecule has 0 saturated heterocycles. The second-order valence-electron chi connectivity index (χ2n) is 5.15. The van der Waals surface area contributed by atoms with Crippen LogP contribution in [0, 0.1) is 13.8 Å². The maximum Gasteiger partial charge on any atom is 0.203 e. The van der Waals surface area contributed by atoms with E-state index in [0.717, 1.165) is 16.8 Å². The van der Waals surface area contributed by atoms with Gasteiger partial charge in [-0.15, -0.1) is 0 Å². The predicted molar refractivity (Wildman–Crippen MR) is 93.2 cm³/mol. The smallest absolute Gasteiger partial charge is 0.203 e. The van der Waals surface area contributed by atoms with E-state index in [1.165, 1.54) is 5.56 Å². The Morgan fingerprint density at radius 2 is 1.57 bits per heavy atom. The first-order valence-corrected chi connectivity index (χ1v) is 7.25. The summed E-state index contributed by atoms with van der Waals surface area (Å²) in [6.45, 7) is 4.11. The molecular formula is C18H22N2O3. The average molecular weight is 314 g/mol. The highest BCUT2D eigenvalue weighted by atomic mass is 16.5. The van der Waals surface area contributed by atoms with Crippen LogP contribution in [0.25, 0.3) is 0 Å². The summed E-state index contributed by atoms with van der Waals surface area (Å²) in [5.74, 6) is 1.76. The Bertz CT molecular complexity index is 686. The molecule has 0 aromatic heterocycles. The number of nitrogens with zero attached hydrogens (tertiary/aromatic N) is 1. The van der Waals surface area contributed by atoms with Gasteiger partial charge in [-0.3, -0.25) is 5.43 Å². The van der Waals surface area contributed by atoms with E-state index in [1.54, 1.807) is 27.5 Å². The Labute approximate surface area is 136 Å². The zero-order valence-electron chi connectivity index (χ0n) is 14.1. The van der Waals surface area contributed by atoms with Crippen LogP contribution in [0.5, 0.6) is 17.2 Å². The summed E-state index contributed by atoms with van der Waals surface area (Å²) in [5, 5.41) is 4.28. The van der Waals surface area contributed by atoms with Crippen molar-refractivity contribution in [2.75, 3.05) is 26.8 Å². The quantitative estimate of drug-likeness (QED) is 0.651. The molecule has 0 radical (unpaired) electrons. The van der Waals surface area contributed by atoms with Gasteiger partial charge in [0, 0.05) is 5.56 Å². The fraction of sp³-hybridized carbons (Fsp3) is 0.278. The van der Waals surface area contributed by atoms with Gasteiger partial charge in [0.25, 0.3) is 0 Å². The van der Waals surface area contributed by atoms with Gasteiger partial charge in [0.2, 0.25) is 5.75 Å². The first-order valence-electron chi connectivity index (χ1n) is 7.25. The van der Waals surface area contributed by atoms with Crippen molar-refractivity contribution in [3.63, 3.8) is 0 Å². The van der Waals surface area contributed by atoms with Crippen LogP contribution in [0.2, 0.25) is 0 Å². The summed E-state index contributed by atoms with van der Waals surface area (Å²) < 4.78 is 16.0. The molecule has 2 rings (SSSR count). The number of hydrazone groups is 1. The van der Waals surface area contributed by atoms with Crippen LogP contribution in [0.15, 0.2) is 35.4 Å². The Balaban J connectivity index is 2.22. The summed E-state index contributed by atoms with van der Waals surface area (Å²) in [4.78, 5) is 0. The molecule has 0 bridgehead atoms. The van der Waals surface area contributed by atoms with Crippen LogP contribution >= 0.6 is 0 Å². The lowest BCUT2D eigenvalue weighted by Crippen LogP contribution is -1.98. The van der Waals surface area contributed by atoms with E-state index in [9.17, 15) is 0 Å². The molecule has 0 spiro atoms. The molecule has 122 valence electrons. The van der Waals surface area contributed by atoms with Gasteiger partial charge < -0.3 is 14.2 Å². The molecule has 0 aliphatic rings. The fourth-order valence-electron chi connectivity index (χ4n) is 2.29. The summed E-state index contributed by atoms with van der Waals surface area (Å²) in [6.07, 6.45) is 1.71. The molecule has 2 aromatic rings. The zero-order chi connectivity index (χ0) is 16.8. The fourth-order valence-corrected chi connectivity index (χ4v) is 2.29. The van der Waals surface area contributed by atoms with Crippen LogP contribution in [0.4, 0.5) is 5.69 Å². The van der Waals surface area contributed by atoms with Crippen LogP contribution in [-0.4, -0.2) is 27.5 Å². The molecule has 5 heteroatoms. The highest BCUT2D eigenvalue weighted by molar-refractivity contribution is 5.83. The van der Waals surface area contributed by atoms with Gasteiger partial charge >= 0.3 is 0 Å². The van der Waals surface area contributed by atoms with Gasteiger partial charge in [-0.1, -0.05) is 17.7 Å². The Morgan fingerprint density at radius 3 is 2.09 bits per heavy atom. The first-order chi connectivity index (χ1) is 11.1. The van der Waals surface area contributed by atoms with Crippen molar-refractivity contribution in [1.29, 1.82) is 0 Å². The first kappa shape index (κ1) is 16.7. The Hall–Kier alpha value is -2.69. The van der Waals surface area contributed by atoms with Crippen LogP contribution < -0.4 is 19.6 Å². The van der Waals surface area contributed by atoms with Crippen molar-refractivity contribution in [3.05, 3.63) is 47.0 Å². The number of anilines is 1. The molecule has 0 heterocycles. The standard InChI is InChI=1S/C18H22N2O3/c1-12-6-7-15(13(2)8-12)20-19-11-14-9-16(21-3)18(23-5)17(10-14)22-4/h6-11,20H,1-5H3. The minimum atomic E-state index is 0.564. The number of hydrogen-bond acceptors (Lipinski definition) is 5. The Morgan fingerprint density at radius 1 is 0.913 bits per heavy atom. The molecule has 0 aliphatic heterocycles. The SMILES string of the molecule is COc1cc(C=NNc2ccc(C)cc2C)cc(OC)c1OC. The third-order valence-corrected chi connectivity index (χ3v) is 3.47. The van der Waals surface area contributed by atoms with E-state index in [1.807, 2.05) is 31.2 Å². The topological polar surface area (TPSA) is 52.1 Å². The number of hydrogen-bond donors (Lipinski definition) is 1. The maximum atomic E-state index is 5.33. The van der Waals surface area contributed by atoms with Crippen molar-refractivity contribution >= 4 is 11.9 Å². The number of benzene rings is 2. The molecule has 0 saturated carbocycles. The molecule has 1 N–H and O–H groups in total. The summed E-state index contributed by atoms with van der Waals surface area (Å²) in [7, 11) is 4.76. The van der Waals surface area contributed by atoms with Gasteiger partial charge in [-0.2, -0.15) is 5.10 Å². The largest absolute Gasteiger partial charge is 0.493 e. The van der Waals surface area contributed by atoms with E-state index >= 15 is 0 Å². The molecule has 2 aromatic carbocycles. The maximum absolute atomic E-state index is 5.33. The Kier molecular flexibility index (Phi) is 5.46. The minimum absolute atomic E-state index is 0.564. The van der Waals surface area contributed by atoms with E-state index in [2.05, 4.69) is 23.5 Å². The lowest BCUT2D eigenvalue weighted by Gasteiger charge is -2.12. The lowest BCUT2D eigenvalue weighted by atomic mass is 10.1. The summed E-state index contributed by atoms with van der Waals surface area (Å²) in [6, 6.07) is 9.85. The molecule has 0 unspecified atom stereocenters. The average Bonchev–Trinajstić information content (AvgIpc) is 2.55. The number of ether oxygens (including phenoxy) is 3. The molecule has 0 amide bonds. The highest BCUT2D eigenvalue weighted by Crippen LogP contribution is 2.37. The van der Waals surface area contributed by atoms with Crippen molar-refractivity contribution in [2.24, 2.45) is 5.10 Å². The molecule has 0 fully saturated rings. The summed E-state index contributed by atoms with van der Waals surface area (Å²) >= 11 is 0. The van der Waals surface area contributed by atoms with Gasteiger partial charge in [0.1, 0.15) is 0 Å². The third kappa shape index (κ3) is 3.94. The van der Waals surface area contributed by atoms with Crippen molar-refractivity contribution < 1.29 is 14.2 Å². The highest BCUT2D eigenvalue weighted by Gasteiger charge is 2.12. The predicted octanol–water partition coefficient (Wildman–Crippen LogP) is 3.78. The van der Waals surface area contributed by atoms with Gasteiger partial charge in [0.15, 0.2) is 11.5 Å². The number of nitrogens with one attached hydrogen (secondary N) is 1. The molecule has 0 aliphatic carbocycles. The molecule has 0 atom stereocenters. The third-order valence-electron chi connectivity index (χ3n) is 3.47. The van der Waals surface area contributed by atoms with E-state index < -0.39 is 0 Å². The van der Waals surface area contributed by atoms with Crippen LogP contribution in [0.1, 0.15) is 16.7 Å². The summed E-state index contributed by atoms with van der Waals surface area (Å²) in [5.41, 5.74) is 7.23. The van der Waals surface area contributed by atoms with Gasteiger partial charge in [0.05, 0.1) is 33.2 Å². The second kappa shape index (κ2) is 7.54. The van der Waals surface area contributed by atoms with Gasteiger partial charge in [-0.05, 0) is 37.6 Å². The van der Waals surface area contributed by atoms with Crippen molar-refractivity contribution in [2.45, 2.75) is 13.8 Å². The zero-order valence-corrected chi connectivity index (χ0v) is 14.1. The second-order valence-corrected chi connectivity index (χ2v) is 5.15. The van der Waals surface area contributed by atoms with E-state index in [4.69, 9.17) is 14.2 Å². The normalized spacial score (nSPS) is 10.7.